The zero-order valence-electron chi connectivity index (χ0n) is 15.0. The summed E-state index contributed by atoms with van der Waals surface area (Å²) in [7, 11) is 4.02. The van der Waals surface area contributed by atoms with Gasteiger partial charge < -0.3 is 15.5 Å². The zero-order valence-corrected chi connectivity index (χ0v) is 15.8. The van der Waals surface area contributed by atoms with Gasteiger partial charge in [0, 0.05) is 38.3 Å². The third-order valence-electron chi connectivity index (χ3n) is 3.60. The summed E-state index contributed by atoms with van der Waals surface area (Å²) in [6.45, 7) is 4.47. The van der Waals surface area contributed by atoms with Gasteiger partial charge in [0.25, 0.3) is 0 Å². The zero-order chi connectivity index (χ0) is 17.4. The van der Waals surface area contributed by atoms with Gasteiger partial charge in [-0.1, -0.05) is 18.2 Å². The Morgan fingerprint density at radius 1 is 1.25 bits per heavy atom. The molecule has 5 nitrogen and oxygen atoms in total. The van der Waals surface area contributed by atoms with E-state index in [-0.39, 0.29) is 0 Å². The molecule has 2 N–H and O–H groups in total. The monoisotopic (exact) mass is 345 g/mol. The molecule has 0 bridgehead atoms. The Morgan fingerprint density at radius 3 is 2.75 bits per heavy atom. The first-order valence-electron chi connectivity index (χ1n) is 8.22. The minimum atomic E-state index is 0.623. The van der Waals surface area contributed by atoms with E-state index in [0.717, 1.165) is 41.5 Å². The van der Waals surface area contributed by atoms with Crippen LogP contribution < -0.4 is 15.5 Å². The highest BCUT2D eigenvalue weighted by molar-refractivity contribution is 7.98. The fraction of sp³-hybridized carbons (Fsp3) is 0.444. The van der Waals surface area contributed by atoms with Gasteiger partial charge in [0.05, 0.1) is 12.1 Å². The van der Waals surface area contributed by atoms with Crippen molar-refractivity contribution in [1.82, 2.24) is 15.6 Å². The molecule has 1 heterocycles. The summed E-state index contributed by atoms with van der Waals surface area (Å²) in [5, 5.41) is 7.83. The molecule has 130 valence electrons. The quantitative estimate of drug-likeness (QED) is 0.459. The summed E-state index contributed by atoms with van der Waals surface area (Å²) < 4.78 is 0. The maximum absolute atomic E-state index is 4.74. The Labute approximate surface area is 148 Å². The number of nitrogens with one attached hydrogen (secondary N) is 2. The van der Waals surface area contributed by atoms with E-state index < -0.39 is 0 Å². The second-order valence-electron chi connectivity index (χ2n) is 5.67. The number of hydrogen-bond acceptors (Lipinski definition) is 4. The molecule has 0 aliphatic carbocycles. The van der Waals surface area contributed by atoms with Gasteiger partial charge >= 0.3 is 0 Å². The van der Waals surface area contributed by atoms with Crippen LogP contribution in [0.2, 0.25) is 0 Å². The lowest BCUT2D eigenvalue weighted by Gasteiger charge is -2.15. The molecule has 6 heteroatoms. The first-order valence-corrected chi connectivity index (χ1v) is 9.62. The van der Waals surface area contributed by atoms with Crippen LogP contribution in [0, 0.1) is 0 Å². The molecule has 2 aromatic rings. The van der Waals surface area contributed by atoms with Gasteiger partial charge in [0.2, 0.25) is 0 Å². The van der Waals surface area contributed by atoms with Crippen LogP contribution in [-0.4, -0.2) is 50.1 Å². The first-order chi connectivity index (χ1) is 11.7. The second-order valence-corrected chi connectivity index (χ2v) is 6.65. The smallest absolute Gasteiger partial charge is 0.191 e. The van der Waals surface area contributed by atoms with E-state index in [1.807, 2.05) is 36.8 Å². The number of guanidine groups is 1. The van der Waals surface area contributed by atoms with Gasteiger partial charge in [-0.15, -0.1) is 0 Å². The van der Waals surface area contributed by atoms with Crippen molar-refractivity contribution in [2.75, 3.05) is 44.1 Å². The molecule has 0 radical (unpaired) electrons. The molecule has 0 saturated heterocycles. The van der Waals surface area contributed by atoms with Crippen LogP contribution in [0.4, 0.5) is 5.82 Å². The van der Waals surface area contributed by atoms with Gasteiger partial charge in [0.15, 0.2) is 5.96 Å². The standard InChI is InChI=1S/C18H27N5S/c1-5-19-18(20-10-11-24-4)21-13-14-12-17(23(2)3)22-16-9-7-6-8-15(14)16/h6-9,12H,5,10-11,13H2,1-4H3,(H2,19,20,21). The molecule has 0 fully saturated rings. The lowest BCUT2D eigenvalue weighted by Crippen LogP contribution is -2.38. The van der Waals surface area contributed by atoms with Crippen LogP contribution in [0.1, 0.15) is 12.5 Å². The molecule has 24 heavy (non-hydrogen) atoms. The fourth-order valence-corrected chi connectivity index (χ4v) is 2.68. The normalized spacial score (nSPS) is 11.6. The van der Waals surface area contributed by atoms with E-state index in [2.05, 4.69) is 48.1 Å². The Kier molecular flexibility index (Phi) is 7.18. The lowest BCUT2D eigenvalue weighted by atomic mass is 10.1. The Hall–Kier alpha value is -1.95. The van der Waals surface area contributed by atoms with Gasteiger partial charge in [-0.05, 0) is 30.9 Å². The summed E-state index contributed by atoms with van der Waals surface area (Å²) in [5.41, 5.74) is 2.20. The van der Waals surface area contributed by atoms with Crippen molar-refractivity contribution in [2.45, 2.75) is 13.5 Å². The predicted octanol–water partition coefficient (Wildman–Crippen LogP) is 2.72. The summed E-state index contributed by atoms with van der Waals surface area (Å²) in [6.07, 6.45) is 2.11. The van der Waals surface area contributed by atoms with Crippen LogP contribution in [0.5, 0.6) is 0 Å². The summed E-state index contributed by atoms with van der Waals surface area (Å²) in [6, 6.07) is 10.4. The average Bonchev–Trinajstić information content (AvgIpc) is 2.59. The minimum absolute atomic E-state index is 0.623. The number of thioether (sulfide) groups is 1. The van der Waals surface area contributed by atoms with Crippen LogP contribution in [0.15, 0.2) is 35.3 Å². The third-order valence-corrected chi connectivity index (χ3v) is 4.21. The Balaban J connectivity index is 2.27. The summed E-state index contributed by atoms with van der Waals surface area (Å²) in [4.78, 5) is 11.5. The maximum atomic E-state index is 4.74. The summed E-state index contributed by atoms with van der Waals surface area (Å²) in [5.74, 6) is 2.88. The predicted molar refractivity (Wildman–Crippen MR) is 107 cm³/mol. The molecule has 0 amide bonds. The van der Waals surface area contributed by atoms with E-state index in [1.54, 1.807) is 0 Å². The van der Waals surface area contributed by atoms with E-state index >= 15 is 0 Å². The third kappa shape index (κ3) is 5.03. The van der Waals surface area contributed by atoms with Crippen LogP contribution in [-0.2, 0) is 6.54 Å². The summed E-state index contributed by atoms with van der Waals surface area (Å²) >= 11 is 1.82. The van der Waals surface area contributed by atoms with E-state index in [0.29, 0.717) is 6.54 Å². The highest BCUT2D eigenvalue weighted by Crippen LogP contribution is 2.22. The number of pyridine rings is 1. The average molecular weight is 346 g/mol. The topological polar surface area (TPSA) is 52.6 Å². The number of aliphatic imine (C=N–C) groups is 1. The van der Waals surface area contributed by atoms with Crippen molar-refractivity contribution < 1.29 is 0 Å². The number of aromatic nitrogens is 1. The molecule has 1 aromatic carbocycles. The highest BCUT2D eigenvalue weighted by Gasteiger charge is 2.07. The van der Waals surface area contributed by atoms with Gasteiger partial charge in [-0.2, -0.15) is 11.8 Å². The van der Waals surface area contributed by atoms with Crippen molar-refractivity contribution in [1.29, 1.82) is 0 Å². The van der Waals surface area contributed by atoms with Crippen LogP contribution >= 0.6 is 11.8 Å². The maximum Gasteiger partial charge on any atom is 0.191 e. The number of nitrogens with zero attached hydrogens (tertiary/aromatic N) is 3. The van der Waals surface area contributed by atoms with Crippen molar-refractivity contribution in [3.8, 4) is 0 Å². The fourth-order valence-electron chi connectivity index (χ4n) is 2.37. The first kappa shape index (κ1) is 18.4. The van der Waals surface area contributed by atoms with Crippen LogP contribution in [0.3, 0.4) is 0 Å². The Morgan fingerprint density at radius 2 is 2.04 bits per heavy atom. The van der Waals surface area contributed by atoms with E-state index in [9.17, 15) is 0 Å². The molecule has 2 rings (SSSR count). The van der Waals surface area contributed by atoms with Crippen molar-refractivity contribution in [3.05, 3.63) is 35.9 Å². The highest BCUT2D eigenvalue weighted by atomic mass is 32.2. The largest absolute Gasteiger partial charge is 0.363 e. The minimum Gasteiger partial charge on any atom is -0.363 e. The SMILES string of the molecule is CCNC(=NCc1cc(N(C)C)nc2ccccc12)NCCSC. The number of anilines is 1. The van der Waals surface area contributed by atoms with Crippen LogP contribution in [0.25, 0.3) is 10.9 Å². The second kappa shape index (κ2) is 9.37. The lowest BCUT2D eigenvalue weighted by molar-refractivity contribution is 0.844. The number of para-hydroxylation sites is 1. The van der Waals surface area contributed by atoms with Crippen molar-refractivity contribution >= 4 is 34.4 Å². The Bertz CT molecular complexity index is 684. The number of fused-ring (bicyclic) bond motifs is 1. The molecule has 0 aliphatic heterocycles. The van der Waals surface area contributed by atoms with E-state index in [1.165, 1.54) is 5.56 Å². The molecule has 0 atom stereocenters. The van der Waals surface area contributed by atoms with Crippen molar-refractivity contribution in [2.24, 2.45) is 4.99 Å². The molecule has 0 spiro atoms. The molecule has 1 aromatic heterocycles. The molecule has 0 unspecified atom stereocenters. The van der Waals surface area contributed by atoms with E-state index in [4.69, 9.17) is 9.98 Å². The molecule has 0 saturated carbocycles. The number of hydrogen-bond donors (Lipinski definition) is 2. The number of rotatable bonds is 7. The van der Waals surface area contributed by atoms with Gasteiger partial charge in [0.1, 0.15) is 5.82 Å². The van der Waals surface area contributed by atoms with Gasteiger partial charge in [-0.25, -0.2) is 9.98 Å². The van der Waals surface area contributed by atoms with Gasteiger partial charge in [-0.3, -0.25) is 0 Å². The number of benzene rings is 1. The molecular formula is C18H27N5S. The molecular weight excluding hydrogens is 318 g/mol. The van der Waals surface area contributed by atoms with Crippen molar-refractivity contribution in [3.63, 3.8) is 0 Å². The molecule has 0 aliphatic rings.